The Morgan fingerprint density at radius 1 is 0.941 bits per heavy atom. The van der Waals surface area contributed by atoms with Crippen LogP contribution in [-0.2, 0) is 14.6 Å². The van der Waals surface area contributed by atoms with E-state index in [1.54, 1.807) is 0 Å². The molecule has 0 atom stereocenters. The third-order valence-corrected chi connectivity index (χ3v) is 8.29. The van der Waals surface area contributed by atoms with E-state index in [-0.39, 0.29) is 38.2 Å². The minimum atomic E-state index is -3.92. The molecule has 0 aliphatic heterocycles. The van der Waals surface area contributed by atoms with Crippen LogP contribution in [0.25, 0.3) is 0 Å². The largest absolute Gasteiger partial charge is 0.302 e. The van der Waals surface area contributed by atoms with Crippen molar-refractivity contribution in [2.75, 3.05) is 5.32 Å². The number of nitrogens with one attached hydrogen (secondary N) is 1. The third kappa shape index (κ3) is 5.19. The molecule has 4 rings (SSSR count). The molecule has 0 saturated heterocycles. The number of non-ortho nitro benzene ring substituents is 1. The zero-order valence-corrected chi connectivity index (χ0v) is 19.3. The molecule has 0 bridgehead atoms. The predicted molar refractivity (Wildman–Crippen MR) is 129 cm³/mol. The number of hydrogen-bond donors (Lipinski definition) is 1. The van der Waals surface area contributed by atoms with Gasteiger partial charge in [-0.25, -0.2) is 13.4 Å². The Morgan fingerprint density at radius 3 is 2.03 bits per heavy atom. The second-order valence-corrected chi connectivity index (χ2v) is 10.6. The number of aromatic nitrogens is 1. The summed E-state index contributed by atoms with van der Waals surface area (Å²) in [5.41, 5.74) is 1.77. The van der Waals surface area contributed by atoms with E-state index in [1.165, 1.54) is 18.3 Å². The monoisotopic (exact) mass is 493 g/mol. The summed E-state index contributed by atoms with van der Waals surface area (Å²) in [4.78, 5) is 27.0. The first-order valence-electron chi connectivity index (χ1n) is 10.2. The number of carbonyl (C=O) groups excluding carboxylic acids is 1. The van der Waals surface area contributed by atoms with Gasteiger partial charge in [0, 0.05) is 24.5 Å². The highest BCUT2D eigenvalue weighted by Gasteiger charge is 2.23. The van der Waals surface area contributed by atoms with Crippen molar-refractivity contribution in [1.29, 1.82) is 0 Å². The van der Waals surface area contributed by atoms with E-state index in [4.69, 9.17) is 0 Å². The molecule has 0 spiro atoms. The minimum absolute atomic E-state index is 0.0701. The number of carbonyl (C=O) groups is 1. The van der Waals surface area contributed by atoms with E-state index in [9.17, 15) is 23.3 Å². The smallest absolute Gasteiger partial charge is 0.269 e. The summed E-state index contributed by atoms with van der Waals surface area (Å²) in [5, 5.41) is 13.7. The molecule has 0 aliphatic carbocycles. The third-order valence-electron chi connectivity index (χ3n) is 5.15. The van der Waals surface area contributed by atoms with E-state index < -0.39 is 14.8 Å². The summed E-state index contributed by atoms with van der Waals surface area (Å²) >= 11 is 0.827. The maximum atomic E-state index is 12.8. The molecule has 0 aliphatic rings. The van der Waals surface area contributed by atoms with Crippen LogP contribution in [0, 0.1) is 10.1 Å². The summed E-state index contributed by atoms with van der Waals surface area (Å²) in [6, 6.07) is 23.9. The SMILES string of the molecule is O=C(CC(c1ccccc1)c1ccccc1)Nc1ncc(S(=O)(=O)c2ccc([N+](=O)[O-])cc2)s1. The normalized spacial score (nSPS) is 11.3. The number of amides is 1. The number of thiazole rings is 1. The molecule has 3 aromatic carbocycles. The van der Waals surface area contributed by atoms with Gasteiger partial charge in [0.25, 0.3) is 5.69 Å². The molecule has 4 aromatic rings. The van der Waals surface area contributed by atoms with Crippen LogP contribution < -0.4 is 5.32 Å². The molecule has 0 fully saturated rings. The maximum Gasteiger partial charge on any atom is 0.269 e. The molecular formula is C24H19N3O5S2. The molecule has 1 N–H and O–H groups in total. The standard InChI is InChI=1S/C24H19N3O5S2/c28-22(15-21(17-7-3-1-4-8-17)18-9-5-2-6-10-18)26-24-25-16-23(33-24)34(31,32)20-13-11-19(12-14-20)27(29)30/h1-14,16,21H,15H2,(H,25,26,28). The Labute approximate surface area is 200 Å². The quantitative estimate of drug-likeness (QED) is 0.271. The highest BCUT2D eigenvalue weighted by atomic mass is 32.2. The van der Waals surface area contributed by atoms with Crippen LogP contribution in [0.1, 0.15) is 23.5 Å². The predicted octanol–water partition coefficient (Wildman–Crippen LogP) is 5.04. The number of nitro benzene ring substituents is 1. The van der Waals surface area contributed by atoms with Crippen molar-refractivity contribution in [3.8, 4) is 0 Å². The average Bonchev–Trinajstić information content (AvgIpc) is 3.33. The van der Waals surface area contributed by atoms with Gasteiger partial charge in [-0.2, -0.15) is 0 Å². The molecule has 34 heavy (non-hydrogen) atoms. The van der Waals surface area contributed by atoms with E-state index in [0.29, 0.717) is 0 Å². The first-order valence-corrected chi connectivity index (χ1v) is 12.5. The lowest BCUT2D eigenvalue weighted by atomic mass is 9.88. The summed E-state index contributed by atoms with van der Waals surface area (Å²) < 4.78 is 25.6. The maximum absolute atomic E-state index is 12.8. The molecule has 0 saturated carbocycles. The lowest BCUT2D eigenvalue weighted by molar-refractivity contribution is -0.384. The molecule has 0 unspecified atom stereocenters. The Hall–Kier alpha value is -3.89. The zero-order valence-electron chi connectivity index (χ0n) is 17.7. The van der Waals surface area contributed by atoms with Crippen LogP contribution in [0.3, 0.4) is 0 Å². The number of sulfone groups is 1. The summed E-state index contributed by atoms with van der Waals surface area (Å²) in [6.45, 7) is 0. The second-order valence-electron chi connectivity index (χ2n) is 7.37. The van der Waals surface area contributed by atoms with Crippen LogP contribution in [0.15, 0.2) is 100 Å². The van der Waals surface area contributed by atoms with Crippen molar-refractivity contribution in [1.82, 2.24) is 4.98 Å². The van der Waals surface area contributed by atoms with Crippen LogP contribution >= 0.6 is 11.3 Å². The zero-order chi connectivity index (χ0) is 24.1. The Balaban J connectivity index is 1.51. The van der Waals surface area contributed by atoms with Gasteiger partial charge in [-0.15, -0.1) is 0 Å². The molecule has 10 heteroatoms. The van der Waals surface area contributed by atoms with Crippen LogP contribution in [-0.4, -0.2) is 24.2 Å². The van der Waals surface area contributed by atoms with Crippen molar-refractivity contribution >= 4 is 37.9 Å². The van der Waals surface area contributed by atoms with Gasteiger partial charge in [0.05, 0.1) is 16.0 Å². The summed E-state index contributed by atoms with van der Waals surface area (Å²) in [5.74, 6) is -0.475. The number of rotatable bonds is 8. The topological polar surface area (TPSA) is 119 Å². The van der Waals surface area contributed by atoms with Crippen molar-refractivity contribution in [3.63, 3.8) is 0 Å². The summed E-state index contributed by atoms with van der Waals surface area (Å²) in [7, 11) is -3.92. The molecule has 0 radical (unpaired) electrons. The van der Waals surface area contributed by atoms with E-state index in [1.807, 2.05) is 60.7 Å². The molecule has 1 amide bonds. The van der Waals surface area contributed by atoms with E-state index >= 15 is 0 Å². The van der Waals surface area contributed by atoms with Gasteiger partial charge in [-0.05, 0) is 23.3 Å². The Kier molecular flexibility index (Phi) is 6.80. The average molecular weight is 494 g/mol. The number of anilines is 1. The van der Waals surface area contributed by atoms with Gasteiger partial charge >= 0.3 is 0 Å². The Bertz CT molecular complexity index is 1360. The van der Waals surface area contributed by atoms with Crippen molar-refractivity contribution in [2.45, 2.75) is 21.4 Å². The first-order chi connectivity index (χ1) is 16.3. The fraction of sp³-hybridized carbons (Fsp3) is 0.0833. The van der Waals surface area contributed by atoms with Crippen molar-refractivity contribution in [3.05, 3.63) is 112 Å². The van der Waals surface area contributed by atoms with E-state index in [2.05, 4.69) is 10.3 Å². The molecule has 172 valence electrons. The Morgan fingerprint density at radius 2 is 1.50 bits per heavy atom. The first kappa shape index (κ1) is 23.3. The lowest BCUT2D eigenvalue weighted by Crippen LogP contribution is -2.16. The fourth-order valence-corrected chi connectivity index (χ4v) is 5.91. The molecule has 1 heterocycles. The van der Waals surface area contributed by atoms with E-state index in [0.717, 1.165) is 34.6 Å². The van der Waals surface area contributed by atoms with Gasteiger partial charge in [0.1, 0.15) is 4.21 Å². The minimum Gasteiger partial charge on any atom is -0.302 e. The molecule has 8 nitrogen and oxygen atoms in total. The number of nitrogens with zero attached hydrogens (tertiary/aromatic N) is 2. The van der Waals surface area contributed by atoms with Crippen molar-refractivity contribution < 1.29 is 18.1 Å². The number of nitro groups is 1. The van der Waals surface area contributed by atoms with Crippen LogP contribution in [0.4, 0.5) is 10.8 Å². The summed E-state index contributed by atoms with van der Waals surface area (Å²) in [6.07, 6.45) is 1.32. The van der Waals surface area contributed by atoms with Gasteiger partial charge in [0.2, 0.25) is 15.7 Å². The molecule has 1 aromatic heterocycles. The van der Waals surface area contributed by atoms with Gasteiger partial charge in [0.15, 0.2) is 5.13 Å². The van der Waals surface area contributed by atoms with Crippen molar-refractivity contribution in [2.24, 2.45) is 0 Å². The fourth-order valence-electron chi connectivity index (χ4n) is 3.46. The van der Waals surface area contributed by atoms with Crippen LogP contribution in [0.2, 0.25) is 0 Å². The highest BCUT2D eigenvalue weighted by molar-refractivity contribution is 7.93. The van der Waals surface area contributed by atoms with Gasteiger partial charge in [-0.3, -0.25) is 14.9 Å². The second kappa shape index (κ2) is 9.94. The highest BCUT2D eigenvalue weighted by Crippen LogP contribution is 2.31. The lowest BCUT2D eigenvalue weighted by Gasteiger charge is -2.17. The van der Waals surface area contributed by atoms with Gasteiger partial charge in [-0.1, -0.05) is 72.0 Å². The molecular weight excluding hydrogens is 474 g/mol. The number of benzene rings is 3. The van der Waals surface area contributed by atoms with Crippen LogP contribution in [0.5, 0.6) is 0 Å². The van der Waals surface area contributed by atoms with Gasteiger partial charge < -0.3 is 5.32 Å². The number of hydrogen-bond acceptors (Lipinski definition) is 7.